The molecule has 7 heteroatoms. The number of hydrogen-bond acceptors (Lipinski definition) is 3. The van der Waals surface area contributed by atoms with Crippen LogP contribution in [0.15, 0.2) is 55.1 Å². The molecule has 1 aliphatic carbocycles. The fourth-order valence-electron chi connectivity index (χ4n) is 4.27. The van der Waals surface area contributed by atoms with Gasteiger partial charge in [-0.15, -0.1) is 0 Å². The van der Waals surface area contributed by atoms with Gasteiger partial charge in [-0.1, -0.05) is 31.7 Å². The number of carbonyl (C=O) groups is 1. The Labute approximate surface area is 175 Å². The van der Waals surface area contributed by atoms with Crippen molar-refractivity contribution in [1.82, 2.24) is 29.3 Å². The molecule has 0 radical (unpaired) electrons. The van der Waals surface area contributed by atoms with Gasteiger partial charge in [0, 0.05) is 48.3 Å². The van der Waals surface area contributed by atoms with Gasteiger partial charge in [0.1, 0.15) is 5.82 Å². The Kier molecular flexibility index (Phi) is 4.86. The zero-order chi connectivity index (χ0) is 20.5. The molecule has 1 amide bonds. The van der Waals surface area contributed by atoms with Crippen LogP contribution in [0.1, 0.15) is 49.0 Å². The molecule has 4 aromatic heterocycles. The Morgan fingerprint density at radius 3 is 2.57 bits per heavy atom. The standard InChI is InChI=1S/C23H26N6O/c1-27-15-18(14-24-27)17-8-9-20-10-11-22(28(20)16-17)29-13-12-21(26-29)23(30)25-19-6-4-2-3-5-7-19/h8-16,19H,2-7H2,1H3,(H,25,30). The Hall–Kier alpha value is -3.35. The quantitative estimate of drug-likeness (QED) is 0.525. The van der Waals surface area contributed by atoms with Crippen LogP contribution >= 0.6 is 0 Å². The predicted molar refractivity (Wildman–Crippen MR) is 116 cm³/mol. The minimum Gasteiger partial charge on any atom is -0.348 e. The lowest BCUT2D eigenvalue weighted by Crippen LogP contribution is -2.34. The Morgan fingerprint density at radius 2 is 1.80 bits per heavy atom. The molecule has 1 aliphatic rings. The van der Waals surface area contributed by atoms with Crippen molar-refractivity contribution in [2.75, 3.05) is 0 Å². The number of nitrogens with zero attached hydrogens (tertiary/aromatic N) is 5. The molecule has 0 atom stereocenters. The molecule has 154 valence electrons. The number of fused-ring (bicyclic) bond motifs is 1. The Morgan fingerprint density at radius 1 is 1.00 bits per heavy atom. The van der Waals surface area contributed by atoms with Crippen LogP contribution in [-0.2, 0) is 7.05 Å². The van der Waals surface area contributed by atoms with Crippen LogP contribution in [0, 0.1) is 0 Å². The maximum atomic E-state index is 12.7. The van der Waals surface area contributed by atoms with E-state index in [1.54, 1.807) is 15.4 Å². The smallest absolute Gasteiger partial charge is 0.272 e. The average Bonchev–Trinajstić information content (AvgIpc) is 3.45. The van der Waals surface area contributed by atoms with Crippen LogP contribution < -0.4 is 5.32 Å². The molecule has 30 heavy (non-hydrogen) atoms. The maximum Gasteiger partial charge on any atom is 0.272 e. The summed E-state index contributed by atoms with van der Waals surface area (Å²) < 4.78 is 5.65. The topological polar surface area (TPSA) is 69.2 Å². The van der Waals surface area contributed by atoms with Gasteiger partial charge in [0.05, 0.1) is 6.20 Å². The molecule has 4 heterocycles. The lowest BCUT2D eigenvalue weighted by molar-refractivity contribution is 0.0928. The third kappa shape index (κ3) is 3.63. The van der Waals surface area contributed by atoms with E-state index in [-0.39, 0.29) is 11.9 Å². The lowest BCUT2D eigenvalue weighted by Gasteiger charge is -2.15. The van der Waals surface area contributed by atoms with Crippen molar-refractivity contribution in [2.45, 2.75) is 44.6 Å². The second-order valence-electron chi connectivity index (χ2n) is 8.11. The summed E-state index contributed by atoms with van der Waals surface area (Å²) in [6, 6.07) is 10.3. The lowest BCUT2D eigenvalue weighted by atomic mass is 10.1. The van der Waals surface area contributed by atoms with Crippen LogP contribution in [0.2, 0.25) is 0 Å². The number of carbonyl (C=O) groups excluding carboxylic acids is 1. The first-order valence-electron chi connectivity index (χ1n) is 10.6. The van der Waals surface area contributed by atoms with Gasteiger partial charge in [-0.2, -0.15) is 10.2 Å². The molecule has 7 nitrogen and oxygen atoms in total. The Bertz CT molecular complexity index is 1180. The zero-order valence-electron chi connectivity index (χ0n) is 17.2. The zero-order valence-corrected chi connectivity index (χ0v) is 17.2. The molecule has 5 rings (SSSR count). The fraction of sp³-hybridized carbons (Fsp3) is 0.348. The summed E-state index contributed by atoms with van der Waals surface area (Å²) in [6.07, 6.45) is 14.8. The summed E-state index contributed by atoms with van der Waals surface area (Å²) in [5.41, 5.74) is 3.66. The number of aromatic nitrogens is 5. The third-order valence-electron chi connectivity index (χ3n) is 5.92. The first kappa shape index (κ1) is 18.7. The molecule has 0 aliphatic heterocycles. The van der Waals surface area contributed by atoms with Gasteiger partial charge in [0.25, 0.3) is 5.91 Å². The van der Waals surface area contributed by atoms with E-state index in [1.165, 1.54) is 25.7 Å². The molecule has 0 unspecified atom stereocenters. The van der Waals surface area contributed by atoms with Crippen molar-refractivity contribution in [3.63, 3.8) is 0 Å². The van der Waals surface area contributed by atoms with E-state index in [2.05, 4.69) is 44.3 Å². The van der Waals surface area contributed by atoms with Gasteiger partial charge >= 0.3 is 0 Å². The molecule has 1 saturated carbocycles. The van der Waals surface area contributed by atoms with E-state index in [4.69, 9.17) is 0 Å². The van der Waals surface area contributed by atoms with Gasteiger partial charge in [-0.25, -0.2) is 4.68 Å². The van der Waals surface area contributed by atoms with Crippen molar-refractivity contribution in [3.05, 3.63) is 60.8 Å². The van der Waals surface area contributed by atoms with Gasteiger partial charge in [-0.05, 0) is 37.1 Å². The van der Waals surface area contributed by atoms with E-state index in [1.807, 2.05) is 31.7 Å². The van der Waals surface area contributed by atoms with Crippen molar-refractivity contribution >= 4 is 11.4 Å². The molecular formula is C23H26N6O. The summed E-state index contributed by atoms with van der Waals surface area (Å²) in [7, 11) is 1.91. The molecule has 0 bridgehead atoms. The molecule has 4 aromatic rings. The number of pyridine rings is 1. The molecule has 1 N–H and O–H groups in total. The molecule has 0 aromatic carbocycles. The molecular weight excluding hydrogens is 376 g/mol. The predicted octanol–water partition coefficient (Wildman–Crippen LogP) is 3.98. The van der Waals surface area contributed by atoms with Crippen LogP contribution in [0.4, 0.5) is 0 Å². The SMILES string of the molecule is Cn1cc(-c2ccc3ccc(-n4ccc(C(=O)NC5CCCCCC5)n4)n3c2)cn1. The number of aryl methyl sites for hydroxylation is 1. The monoisotopic (exact) mass is 402 g/mol. The minimum atomic E-state index is -0.0856. The van der Waals surface area contributed by atoms with Gasteiger partial charge in [0.2, 0.25) is 0 Å². The van der Waals surface area contributed by atoms with Crippen molar-refractivity contribution in [2.24, 2.45) is 7.05 Å². The van der Waals surface area contributed by atoms with E-state index >= 15 is 0 Å². The first-order valence-corrected chi connectivity index (χ1v) is 10.6. The molecule has 1 fully saturated rings. The van der Waals surface area contributed by atoms with Crippen LogP contribution in [-0.4, -0.2) is 35.9 Å². The summed E-state index contributed by atoms with van der Waals surface area (Å²) in [6.45, 7) is 0. The van der Waals surface area contributed by atoms with Crippen molar-refractivity contribution < 1.29 is 4.79 Å². The first-order chi connectivity index (χ1) is 14.7. The second kappa shape index (κ2) is 7.82. The average molecular weight is 403 g/mol. The fourth-order valence-corrected chi connectivity index (χ4v) is 4.27. The minimum absolute atomic E-state index is 0.0856. The highest BCUT2D eigenvalue weighted by Gasteiger charge is 2.18. The largest absolute Gasteiger partial charge is 0.348 e. The molecule has 0 spiro atoms. The van der Waals surface area contributed by atoms with Gasteiger partial charge in [-0.3, -0.25) is 9.48 Å². The summed E-state index contributed by atoms with van der Waals surface area (Å²) >= 11 is 0. The summed E-state index contributed by atoms with van der Waals surface area (Å²) in [4.78, 5) is 12.7. The third-order valence-corrected chi connectivity index (χ3v) is 5.92. The van der Waals surface area contributed by atoms with Crippen molar-refractivity contribution in [3.8, 4) is 16.9 Å². The van der Waals surface area contributed by atoms with Gasteiger partial charge in [0.15, 0.2) is 5.69 Å². The maximum absolute atomic E-state index is 12.7. The van der Waals surface area contributed by atoms with Crippen LogP contribution in [0.3, 0.4) is 0 Å². The molecule has 0 saturated heterocycles. The summed E-state index contributed by atoms with van der Waals surface area (Å²) in [5, 5.41) is 12.0. The van der Waals surface area contributed by atoms with E-state index in [0.29, 0.717) is 5.69 Å². The number of rotatable bonds is 4. The number of nitrogens with one attached hydrogen (secondary N) is 1. The van der Waals surface area contributed by atoms with E-state index in [9.17, 15) is 4.79 Å². The highest BCUT2D eigenvalue weighted by Crippen LogP contribution is 2.23. The van der Waals surface area contributed by atoms with E-state index in [0.717, 1.165) is 35.3 Å². The summed E-state index contributed by atoms with van der Waals surface area (Å²) in [5.74, 6) is 0.807. The van der Waals surface area contributed by atoms with Crippen molar-refractivity contribution in [1.29, 1.82) is 0 Å². The highest BCUT2D eigenvalue weighted by atomic mass is 16.2. The normalized spacial score (nSPS) is 15.4. The van der Waals surface area contributed by atoms with E-state index < -0.39 is 0 Å². The second-order valence-corrected chi connectivity index (χ2v) is 8.11. The van der Waals surface area contributed by atoms with Gasteiger partial charge < -0.3 is 9.72 Å². The highest BCUT2D eigenvalue weighted by molar-refractivity contribution is 5.92. The number of amides is 1. The van der Waals surface area contributed by atoms with Crippen LogP contribution in [0.5, 0.6) is 0 Å². The number of hydrogen-bond donors (Lipinski definition) is 1. The Balaban J connectivity index is 1.40. The van der Waals surface area contributed by atoms with Crippen LogP contribution in [0.25, 0.3) is 22.5 Å².